The fourth-order valence-corrected chi connectivity index (χ4v) is 3.69. The summed E-state index contributed by atoms with van der Waals surface area (Å²) in [6.45, 7) is 10.7. The molecule has 1 saturated heterocycles. The summed E-state index contributed by atoms with van der Waals surface area (Å²) in [6.07, 6.45) is 0.983. The molecule has 3 rings (SSSR count). The summed E-state index contributed by atoms with van der Waals surface area (Å²) in [6, 6.07) is 5.24. The summed E-state index contributed by atoms with van der Waals surface area (Å²) in [4.78, 5) is 25.9. The lowest BCUT2D eigenvalue weighted by Crippen LogP contribution is -3.14. The fraction of sp³-hybridized carbons (Fsp3) is 0.545. The molecule has 2 aromatic rings. The minimum atomic E-state index is -0.652. The summed E-state index contributed by atoms with van der Waals surface area (Å²) in [5.41, 5.74) is 1.93. The maximum atomic E-state index is 12.5. The molecule has 0 unspecified atom stereocenters. The number of hydrogen-bond acceptors (Lipinski definition) is 5. The van der Waals surface area contributed by atoms with Gasteiger partial charge in [0, 0.05) is 6.07 Å². The molecule has 1 aromatic heterocycles. The largest absolute Gasteiger partial charge is 0.480 e. The monoisotopic (exact) mass is 403 g/mol. The number of amides is 1. The normalized spacial score (nSPS) is 16.0. The summed E-state index contributed by atoms with van der Waals surface area (Å²) in [5.74, 6) is 0.426. The fourth-order valence-electron chi connectivity index (χ4n) is 3.69. The van der Waals surface area contributed by atoms with Gasteiger partial charge in [0.05, 0.1) is 31.7 Å². The second kappa shape index (κ2) is 9.89. The van der Waals surface area contributed by atoms with Crippen molar-refractivity contribution < 1.29 is 23.6 Å². The first-order valence-electron chi connectivity index (χ1n) is 10.4. The molecule has 0 saturated carbocycles. The first kappa shape index (κ1) is 21.3. The first-order valence-corrected chi connectivity index (χ1v) is 10.4. The molecular weight excluding hydrogens is 372 g/mol. The van der Waals surface area contributed by atoms with Gasteiger partial charge < -0.3 is 24.1 Å². The molecule has 0 radical (unpaired) electrons. The molecule has 1 fully saturated rings. The molecule has 1 atom stereocenters. The Hall–Kier alpha value is -2.38. The molecule has 0 spiro atoms. The Morgan fingerprint density at radius 3 is 2.76 bits per heavy atom. The van der Waals surface area contributed by atoms with Crippen molar-refractivity contribution in [1.29, 1.82) is 0 Å². The molecule has 1 amide bonds. The highest BCUT2D eigenvalue weighted by molar-refractivity contribution is 5.88. The topological polar surface area (TPSA) is 82.2 Å². The molecule has 29 heavy (non-hydrogen) atoms. The third-order valence-corrected chi connectivity index (χ3v) is 5.20. The van der Waals surface area contributed by atoms with Gasteiger partial charge in [-0.3, -0.25) is 4.79 Å². The summed E-state index contributed by atoms with van der Waals surface area (Å²) >= 11 is 0. The van der Waals surface area contributed by atoms with E-state index >= 15 is 0 Å². The lowest BCUT2D eigenvalue weighted by molar-refractivity contribution is -0.906. The van der Waals surface area contributed by atoms with E-state index in [0.29, 0.717) is 17.9 Å². The zero-order valence-corrected chi connectivity index (χ0v) is 17.5. The van der Waals surface area contributed by atoms with Crippen LogP contribution in [0, 0.1) is 6.92 Å². The van der Waals surface area contributed by atoms with E-state index in [1.165, 1.54) is 11.0 Å². The number of rotatable bonds is 8. The van der Waals surface area contributed by atoms with E-state index in [0.717, 1.165) is 62.2 Å². The Balaban J connectivity index is 1.70. The van der Waals surface area contributed by atoms with E-state index in [-0.39, 0.29) is 11.5 Å². The SMILES string of the molecule is CCCc1cc(=O)oc2cc(C)cc(O[C@H](C)C(=O)NCC[NH+]3CCOCC3)c12. The highest BCUT2D eigenvalue weighted by Gasteiger charge is 2.20. The van der Waals surface area contributed by atoms with Gasteiger partial charge in [-0.15, -0.1) is 0 Å². The minimum Gasteiger partial charge on any atom is -0.480 e. The van der Waals surface area contributed by atoms with Crippen molar-refractivity contribution in [3.8, 4) is 5.75 Å². The van der Waals surface area contributed by atoms with Gasteiger partial charge in [0.15, 0.2) is 6.10 Å². The number of nitrogens with one attached hydrogen (secondary N) is 2. The molecule has 0 aliphatic carbocycles. The van der Waals surface area contributed by atoms with E-state index < -0.39 is 6.10 Å². The van der Waals surface area contributed by atoms with Crippen LogP contribution < -0.4 is 20.6 Å². The van der Waals surface area contributed by atoms with Crippen LogP contribution in [0.5, 0.6) is 5.75 Å². The number of morpholine rings is 1. The van der Waals surface area contributed by atoms with Crippen LogP contribution in [0.15, 0.2) is 27.4 Å². The first-order chi connectivity index (χ1) is 14.0. The van der Waals surface area contributed by atoms with Gasteiger partial charge in [-0.25, -0.2) is 4.79 Å². The molecule has 158 valence electrons. The molecule has 7 nitrogen and oxygen atoms in total. The van der Waals surface area contributed by atoms with Gasteiger partial charge in [-0.2, -0.15) is 0 Å². The van der Waals surface area contributed by atoms with Gasteiger partial charge in [-0.05, 0) is 43.5 Å². The number of ether oxygens (including phenoxy) is 2. The number of quaternary nitrogens is 1. The molecule has 1 aliphatic rings. The molecule has 1 aromatic carbocycles. The average molecular weight is 403 g/mol. The lowest BCUT2D eigenvalue weighted by atomic mass is 10.0. The molecule has 7 heteroatoms. The van der Waals surface area contributed by atoms with Crippen molar-refractivity contribution in [1.82, 2.24) is 5.32 Å². The molecule has 2 N–H and O–H groups in total. The molecule has 1 aliphatic heterocycles. The summed E-state index contributed by atoms with van der Waals surface area (Å²) < 4.78 is 16.8. The molecular formula is C22H31N2O5+. The Labute approximate surface area is 171 Å². The standard InChI is InChI=1S/C22H30N2O5/c1-4-5-17-14-20(25)29-19-13-15(2)12-18(21(17)19)28-16(3)22(26)23-6-7-24-8-10-27-11-9-24/h12-14,16H,4-11H2,1-3H3,(H,23,26)/p+1/t16-/m1/s1. The Morgan fingerprint density at radius 1 is 1.28 bits per heavy atom. The highest BCUT2D eigenvalue weighted by Crippen LogP contribution is 2.31. The van der Waals surface area contributed by atoms with Crippen LogP contribution in [0.25, 0.3) is 11.0 Å². The minimum absolute atomic E-state index is 0.151. The van der Waals surface area contributed by atoms with E-state index in [1.54, 1.807) is 6.92 Å². The van der Waals surface area contributed by atoms with Crippen molar-refractivity contribution in [2.75, 3.05) is 39.4 Å². The predicted molar refractivity (Wildman–Crippen MR) is 111 cm³/mol. The van der Waals surface area contributed by atoms with Gasteiger partial charge >= 0.3 is 5.63 Å². The Bertz CT molecular complexity index is 902. The third kappa shape index (κ3) is 5.58. The van der Waals surface area contributed by atoms with Crippen molar-refractivity contribution in [2.24, 2.45) is 0 Å². The van der Waals surface area contributed by atoms with Gasteiger partial charge in [-0.1, -0.05) is 13.3 Å². The quantitative estimate of drug-likeness (QED) is 0.639. The lowest BCUT2D eigenvalue weighted by Gasteiger charge is -2.24. The van der Waals surface area contributed by atoms with Crippen LogP contribution in [0.1, 0.15) is 31.4 Å². The second-order valence-corrected chi connectivity index (χ2v) is 7.64. The number of carbonyl (C=O) groups is 1. The van der Waals surface area contributed by atoms with Gasteiger partial charge in [0.1, 0.15) is 24.4 Å². The van der Waals surface area contributed by atoms with Gasteiger partial charge in [0.2, 0.25) is 0 Å². The van der Waals surface area contributed by atoms with E-state index in [1.807, 2.05) is 19.1 Å². The van der Waals surface area contributed by atoms with Crippen molar-refractivity contribution in [3.63, 3.8) is 0 Å². The predicted octanol–water partition coefficient (Wildman–Crippen LogP) is 0.853. The smallest absolute Gasteiger partial charge is 0.336 e. The zero-order chi connectivity index (χ0) is 20.8. The van der Waals surface area contributed by atoms with Crippen LogP contribution in [0.3, 0.4) is 0 Å². The number of benzene rings is 1. The van der Waals surface area contributed by atoms with E-state index in [9.17, 15) is 9.59 Å². The maximum absolute atomic E-state index is 12.5. The van der Waals surface area contributed by atoms with Crippen LogP contribution in [0.2, 0.25) is 0 Å². The Morgan fingerprint density at radius 2 is 2.03 bits per heavy atom. The number of aryl methyl sites for hydroxylation is 2. The van der Waals surface area contributed by atoms with Crippen LogP contribution in [-0.2, 0) is 16.0 Å². The zero-order valence-electron chi connectivity index (χ0n) is 17.5. The third-order valence-electron chi connectivity index (χ3n) is 5.20. The van der Waals surface area contributed by atoms with Crippen molar-refractivity contribution in [2.45, 2.75) is 39.7 Å². The van der Waals surface area contributed by atoms with Crippen LogP contribution in [0.4, 0.5) is 0 Å². The maximum Gasteiger partial charge on any atom is 0.336 e. The van der Waals surface area contributed by atoms with Crippen LogP contribution in [-0.4, -0.2) is 51.4 Å². The Kier molecular flexibility index (Phi) is 7.28. The molecule has 2 heterocycles. The van der Waals surface area contributed by atoms with Gasteiger partial charge in [0.25, 0.3) is 5.91 Å². The summed E-state index contributed by atoms with van der Waals surface area (Å²) in [5, 5.41) is 3.74. The molecule has 0 bridgehead atoms. The van der Waals surface area contributed by atoms with Crippen molar-refractivity contribution >= 4 is 16.9 Å². The average Bonchev–Trinajstić information content (AvgIpc) is 2.68. The van der Waals surface area contributed by atoms with Crippen LogP contribution >= 0.6 is 0 Å². The van der Waals surface area contributed by atoms with Crippen molar-refractivity contribution in [3.05, 3.63) is 39.7 Å². The summed E-state index contributed by atoms with van der Waals surface area (Å²) in [7, 11) is 0. The van der Waals surface area contributed by atoms with E-state index in [4.69, 9.17) is 13.9 Å². The number of carbonyl (C=O) groups excluding carboxylic acids is 1. The number of fused-ring (bicyclic) bond motifs is 1. The second-order valence-electron chi connectivity index (χ2n) is 7.64. The van der Waals surface area contributed by atoms with E-state index in [2.05, 4.69) is 12.2 Å². The highest BCUT2D eigenvalue weighted by atomic mass is 16.5. The number of hydrogen-bond donors (Lipinski definition) is 2.